The largest absolute Gasteiger partial charge is 0.381 e. The van der Waals surface area contributed by atoms with E-state index in [1.807, 2.05) is 19.9 Å². The highest BCUT2D eigenvalue weighted by atomic mass is 16.5. The van der Waals surface area contributed by atoms with Crippen molar-refractivity contribution >= 4 is 5.78 Å². The maximum absolute atomic E-state index is 12.0. The molecule has 2 rings (SSSR count). The Bertz CT molecular complexity index is 381. The van der Waals surface area contributed by atoms with Crippen LogP contribution in [0.3, 0.4) is 0 Å². The second-order valence-electron chi connectivity index (χ2n) is 4.10. The molecular formula is C12H15NO2. The number of ketones is 1. The lowest BCUT2D eigenvalue weighted by Crippen LogP contribution is -2.17. The fraction of sp³-hybridized carbons (Fsp3) is 0.500. The van der Waals surface area contributed by atoms with Gasteiger partial charge in [0.05, 0.1) is 6.61 Å². The fourth-order valence-corrected chi connectivity index (χ4v) is 1.91. The second-order valence-corrected chi connectivity index (χ2v) is 4.10. The minimum atomic E-state index is 0.0129. The van der Waals surface area contributed by atoms with Crippen molar-refractivity contribution in [3.05, 3.63) is 29.1 Å². The number of ether oxygens (including phenoxy) is 1. The summed E-state index contributed by atoms with van der Waals surface area (Å²) in [6.07, 6.45) is 2.57. The molecule has 1 aliphatic rings. The molecule has 0 aromatic carbocycles. The van der Waals surface area contributed by atoms with Gasteiger partial charge < -0.3 is 4.74 Å². The average molecular weight is 205 g/mol. The van der Waals surface area contributed by atoms with Crippen LogP contribution < -0.4 is 0 Å². The van der Waals surface area contributed by atoms with Gasteiger partial charge >= 0.3 is 0 Å². The van der Waals surface area contributed by atoms with Crippen molar-refractivity contribution in [3.8, 4) is 0 Å². The highest BCUT2D eigenvalue weighted by molar-refractivity contribution is 5.97. The molecule has 0 aliphatic carbocycles. The van der Waals surface area contributed by atoms with Crippen molar-refractivity contribution in [2.45, 2.75) is 20.3 Å². The van der Waals surface area contributed by atoms with Crippen molar-refractivity contribution in [2.75, 3.05) is 13.2 Å². The normalized spacial score (nSPS) is 20.5. The summed E-state index contributed by atoms with van der Waals surface area (Å²) in [5.41, 5.74) is 2.66. The molecule has 0 spiro atoms. The molecule has 1 unspecified atom stereocenters. The van der Waals surface area contributed by atoms with Crippen LogP contribution in [0.15, 0.2) is 12.3 Å². The standard InChI is InChI=1S/C12H15NO2/c1-8-5-9(2)11(13-6-8)12(14)10-3-4-15-7-10/h5-6,10H,3-4,7H2,1-2H3. The molecule has 0 amide bonds. The van der Waals surface area contributed by atoms with Crippen molar-refractivity contribution in [1.82, 2.24) is 4.98 Å². The first-order valence-electron chi connectivity index (χ1n) is 5.23. The number of Topliss-reactive ketones (excluding diaryl/α,β-unsaturated/α-hetero) is 1. The SMILES string of the molecule is Cc1cnc(C(=O)C2CCOC2)c(C)c1. The summed E-state index contributed by atoms with van der Waals surface area (Å²) in [4.78, 5) is 16.3. The number of carbonyl (C=O) groups excluding carboxylic acids is 1. The van der Waals surface area contributed by atoms with E-state index in [2.05, 4.69) is 4.98 Å². The van der Waals surface area contributed by atoms with Gasteiger partial charge in [0.1, 0.15) is 5.69 Å². The van der Waals surface area contributed by atoms with Crippen LogP contribution in [0.2, 0.25) is 0 Å². The molecule has 2 heterocycles. The fourth-order valence-electron chi connectivity index (χ4n) is 1.91. The average Bonchev–Trinajstić information content (AvgIpc) is 2.69. The predicted molar refractivity (Wildman–Crippen MR) is 57.0 cm³/mol. The summed E-state index contributed by atoms with van der Waals surface area (Å²) >= 11 is 0. The molecule has 1 saturated heterocycles. The highest BCUT2D eigenvalue weighted by Crippen LogP contribution is 2.19. The number of nitrogens with zero attached hydrogens (tertiary/aromatic N) is 1. The van der Waals surface area contributed by atoms with Crippen LogP contribution in [-0.2, 0) is 4.74 Å². The van der Waals surface area contributed by atoms with Crippen LogP contribution in [-0.4, -0.2) is 24.0 Å². The maximum atomic E-state index is 12.0. The third-order valence-electron chi connectivity index (χ3n) is 2.75. The monoisotopic (exact) mass is 205 g/mol. The summed E-state index contributed by atoms with van der Waals surface area (Å²) in [7, 11) is 0. The highest BCUT2D eigenvalue weighted by Gasteiger charge is 2.26. The van der Waals surface area contributed by atoms with Gasteiger partial charge in [0.15, 0.2) is 5.78 Å². The van der Waals surface area contributed by atoms with E-state index in [4.69, 9.17) is 4.74 Å². The van der Waals surface area contributed by atoms with E-state index < -0.39 is 0 Å². The van der Waals surface area contributed by atoms with Crippen LogP contribution in [0.4, 0.5) is 0 Å². The molecule has 3 heteroatoms. The molecule has 0 N–H and O–H groups in total. The van der Waals surface area contributed by atoms with E-state index in [-0.39, 0.29) is 11.7 Å². The van der Waals surface area contributed by atoms with Crippen LogP contribution in [0.1, 0.15) is 28.0 Å². The van der Waals surface area contributed by atoms with E-state index in [1.165, 1.54) is 0 Å². The third-order valence-corrected chi connectivity index (χ3v) is 2.75. The molecule has 0 saturated carbocycles. The van der Waals surface area contributed by atoms with Crippen LogP contribution in [0.25, 0.3) is 0 Å². The minimum absolute atomic E-state index is 0.0129. The van der Waals surface area contributed by atoms with E-state index >= 15 is 0 Å². The van der Waals surface area contributed by atoms with Crippen molar-refractivity contribution in [2.24, 2.45) is 5.92 Å². The van der Waals surface area contributed by atoms with Crippen LogP contribution in [0, 0.1) is 19.8 Å². The Balaban J connectivity index is 2.24. The Morgan fingerprint density at radius 3 is 2.93 bits per heavy atom. The Kier molecular flexibility index (Phi) is 2.82. The Morgan fingerprint density at radius 1 is 1.53 bits per heavy atom. The lowest BCUT2D eigenvalue weighted by atomic mass is 9.98. The quantitative estimate of drug-likeness (QED) is 0.692. The number of pyridine rings is 1. The Labute approximate surface area is 89.5 Å². The minimum Gasteiger partial charge on any atom is -0.381 e. The molecular weight excluding hydrogens is 190 g/mol. The third kappa shape index (κ3) is 2.07. The van der Waals surface area contributed by atoms with E-state index in [0.717, 1.165) is 17.5 Å². The molecule has 0 radical (unpaired) electrons. The van der Waals surface area contributed by atoms with Gasteiger partial charge in [0.25, 0.3) is 0 Å². The second kappa shape index (κ2) is 4.11. The zero-order chi connectivity index (χ0) is 10.8. The first-order chi connectivity index (χ1) is 7.18. The molecule has 1 atom stereocenters. The first-order valence-corrected chi connectivity index (χ1v) is 5.23. The van der Waals surface area contributed by atoms with Gasteiger partial charge in [-0.1, -0.05) is 6.07 Å². The number of rotatable bonds is 2. The predicted octanol–water partition coefficient (Wildman–Crippen LogP) is 1.92. The number of aromatic nitrogens is 1. The molecule has 3 nitrogen and oxygen atoms in total. The van der Waals surface area contributed by atoms with Gasteiger partial charge in [-0.05, 0) is 31.4 Å². The topological polar surface area (TPSA) is 39.2 Å². The van der Waals surface area contributed by atoms with Gasteiger partial charge in [0, 0.05) is 18.7 Å². The van der Waals surface area contributed by atoms with Crippen molar-refractivity contribution < 1.29 is 9.53 Å². The summed E-state index contributed by atoms with van der Waals surface area (Å²) in [5.74, 6) is 0.143. The Hall–Kier alpha value is -1.22. The number of hydrogen-bond acceptors (Lipinski definition) is 3. The van der Waals surface area contributed by atoms with Gasteiger partial charge in [0.2, 0.25) is 0 Å². The van der Waals surface area contributed by atoms with Crippen molar-refractivity contribution in [3.63, 3.8) is 0 Å². The molecule has 1 aromatic rings. The van der Waals surface area contributed by atoms with E-state index in [1.54, 1.807) is 6.20 Å². The van der Waals surface area contributed by atoms with Crippen molar-refractivity contribution in [1.29, 1.82) is 0 Å². The summed E-state index contributed by atoms with van der Waals surface area (Å²) < 4.78 is 5.21. The molecule has 15 heavy (non-hydrogen) atoms. The maximum Gasteiger partial charge on any atom is 0.186 e. The molecule has 1 aromatic heterocycles. The van der Waals surface area contributed by atoms with Crippen LogP contribution >= 0.6 is 0 Å². The van der Waals surface area contributed by atoms with Gasteiger partial charge in [-0.25, -0.2) is 0 Å². The Morgan fingerprint density at radius 2 is 2.33 bits per heavy atom. The lowest BCUT2D eigenvalue weighted by molar-refractivity contribution is 0.0894. The van der Waals surface area contributed by atoms with Gasteiger partial charge in [-0.3, -0.25) is 9.78 Å². The number of carbonyl (C=O) groups is 1. The number of aryl methyl sites for hydroxylation is 2. The van der Waals surface area contributed by atoms with Crippen LogP contribution in [0.5, 0.6) is 0 Å². The summed E-state index contributed by atoms with van der Waals surface area (Å²) in [6, 6.07) is 2.00. The van der Waals surface area contributed by atoms with Gasteiger partial charge in [-0.2, -0.15) is 0 Å². The molecule has 1 aliphatic heterocycles. The van der Waals surface area contributed by atoms with Gasteiger partial charge in [-0.15, -0.1) is 0 Å². The zero-order valence-electron chi connectivity index (χ0n) is 9.12. The smallest absolute Gasteiger partial charge is 0.186 e. The summed E-state index contributed by atoms with van der Waals surface area (Å²) in [5, 5.41) is 0. The molecule has 0 bridgehead atoms. The number of hydrogen-bond donors (Lipinski definition) is 0. The summed E-state index contributed by atoms with van der Waals surface area (Å²) in [6.45, 7) is 5.16. The molecule has 1 fully saturated rings. The lowest BCUT2D eigenvalue weighted by Gasteiger charge is -2.08. The first kappa shape index (κ1) is 10.3. The molecule has 80 valence electrons. The van der Waals surface area contributed by atoms with E-state index in [9.17, 15) is 4.79 Å². The van der Waals surface area contributed by atoms with E-state index in [0.29, 0.717) is 18.9 Å². The zero-order valence-corrected chi connectivity index (χ0v) is 9.12.